The van der Waals surface area contributed by atoms with E-state index in [9.17, 15) is 0 Å². The normalized spacial score (nSPS) is 12.2. The minimum Gasteiger partial charge on any atom is -0.489 e. The number of thiazole rings is 1. The third kappa shape index (κ3) is 8.35. The van der Waals surface area contributed by atoms with Gasteiger partial charge in [0.25, 0.3) is 0 Å². The molecule has 0 spiro atoms. The molecule has 1 unspecified atom stereocenters. The van der Waals surface area contributed by atoms with Gasteiger partial charge in [0.05, 0.1) is 11.6 Å². The van der Waals surface area contributed by atoms with Crippen LogP contribution in [0.15, 0.2) is 35.5 Å². The maximum atomic E-state index is 5.90. The minimum absolute atomic E-state index is 0. The Morgan fingerprint density at radius 1 is 1.23 bits per heavy atom. The molecule has 0 saturated heterocycles. The van der Waals surface area contributed by atoms with Crippen LogP contribution < -0.4 is 15.4 Å². The average Bonchev–Trinajstić information content (AvgIpc) is 3.00. The lowest BCUT2D eigenvalue weighted by Crippen LogP contribution is -2.39. The molecule has 0 bridgehead atoms. The SMILES string of the molecule is CCNC(=NCC(C)Oc1ccc(C)cc1)NCCc1ncc(C)s1.I. The maximum Gasteiger partial charge on any atom is 0.191 e. The Bertz CT molecular complexity index is 672. The molecule has 1 heterocycles. The van der Waals surface area contributed by atoms with Gasteiger partial charge in [0.1, 0.15) is 11.9 Å². The first-order valence-electron chi connectivity index (χ1n) is 8.73. The Morgan fingerprint density at radius 2 is 1.96 bits per heavy atom. The van der Waals surface area contributed by atoms with Gasteiger partial charge in [-0.15, -0.1) is 35.3 Å². The van der Waals surface area contributed by atoms with Crippen LogP contribution in [0.1, 0.15) is 29.3 Å². The Balaban J connectivity index is 0.00000338. The molecule has 7 heteroatoms. The lowest BCUT2D eigenvalue weighted by Gasteiger charge is -2.15. The molecular weight excluding hydrogens is 459 g/mol. The van der Waals surface area contributed by atoms with Gasteiger partial charge in [-0.3, -0.25) is 0 Å². The summed E-state index contributed by atoms with van der Waals surface area (Å²) in [5, 5.41) is 7.77. The Labute approximate surface area is 177 Å². The smallest absolute Gasteiger partial charge is 0.191 e. The number of benzene rings is 1. The lowest BCUT2D eigenvalue weighted by atomic mass is 10.2. The van der Waals surface area contributed by atoms with Crippen LogP contribution in [0.25, 0.3) is 0 Å². The van der Waals surface area contributed by atoms with E-state index in [2.05, 4.69) is 53.5 Å². The second kappa shape index (κ2) is 12.1. The van der Waals surface area contributed by atoms with Crippen LogP contribution in [0.5, 0.6) is 5.75 Å². The number of ether oxygens (including phenoxy) is 1. The van der Waals surface area contributed by atoms with E-state index in [1.54, 1.807) is 11.3 Å². The summed E-state index contributed by atoms with van der Waals surface area (Å²) in [5.74, 6) is 1.69. The molecule has 0 saturated carbocycles. The molecule has 2 rings (SSSR count). The van der Waals surface area contributed by atoms with Gasteiger partial charge in [-0.05, 0) is 39.8 Å². The van der Waals surface area contributed by atoms with Crippen molar-refractivity contribution >= 4 is 41.3 Å². The number of rotatable bonds is 8. The Kier molecular flexibility index (Phi) is 10.6. The van der Waals surface area contributed by atoms with Crippen LogP contribution in [-0.4, -0.2) is 36.7 Å². The monoisotopic (exact) mass is 488 g/mol. The fourth-order valence-corrected chi connectivity index (χ4v) is 3.04. The van der Waals surface area contributed by atoms with Crippen LogP contribution in [0.2, 0.25) is 0 Å². The number of halogens is 1. The zero-order valence-electron chi connectivity index (χ0n) is 15.9. The molecule has 0 radical (unpaired) electrons. The largest absolute Gasteiger partial charge is 0.489 e. The highest BCUT2D eigenvalue weighted by atomic mass is 127. The van der Waals surface area contributed by atoms with Crippen molar-refractivity contribution in [3.63, 3.8) is 0 Å². The lowest BCUT2D eigenvalue weighted by molar-refractivity contribution is 0.230. The van der Waals surface area contributed by atoms with E-state index in [0.717, 1.165) is 36.2 Å². The average molecular weight is 488 g/mol. The highest BCUT2D eigenvalue weighted by Crippen LogP contribution is 2.13. The van der Waals surface area contributed by atoms with Gasteiger partial charge in [-0.25, -0.2) is 9.98 Å². The molecule has 5 nitrogen and oxygen atoms in total. The fourth-order valence-electron chi connectivity index (χ4n) is 2.25. The van der Waals surface area contributed by atoms with E-state index in [1.165, 1.54) is 10.4 Å². The van der Waals surface area contributed by atoms with Crippen molar-refractivity contribution in [2.24, 2.45) is 4.99 Å². The molecular formula is C19H29IN4OS. The number of aliphatic imine (C=N–C) groups is 1. The molecule has 26 heavy (non-hydrogen) atoms. The summed E-state index contributed by atoms with van der Waals surface area (Å²) in [6.45, 7) is 10.5. The Hall–Kier alpha value is -1.35. The van der Waals surface area contributed by atoms with Gasteiger partial charge in [-0.2, -0.15) is 0 Å². The summed E-state index contributed by atoms with van der Waals surface area (Å²) in [7, 11) is 0. The Morgan fingerprint density at radius 3 is 2.58 bits per heavy atom. The molecule has 0 amide bonds. The first kappa shape index (κ1) is 22.7. The van der Waals surface area contributed by atoms with Crippen molar-refractivity contribution in [1.29, 1.82) is 0 Å². The zero-order valence-corrected chi connectivity index (χ0v) is 19.1. The van der Waals surface area contributed by atoms with E-state index >= 15 is 0 Å². The second-order valence-electron chi connectivity index (χ2n) is 6.00. The third-order valence-corrected chi connectivity index (χ3v) is 4.48. The molecule has 2 N–H and O–H groups in total. The van der Waals surface area contributed by atoms with Crippen LogP contribution >= 0.6 is 35.3 Å². The van der Waals surface area contributed by atoms with E-state index < -0.39 is 0 Å². The van der Waals surface area contributed by atoms with Crippen molar-refractivity contribution < 1.29 is 4.74 Å². The van der Waals surface area contributed by atoms with Gasteiger partial charge in [0.15, 0.2) is 5.96 Å². The van der Waals surface area contributed by atoms with E-state index in [4.69, 9.17) is 4.74 Å². The minimum atomic E-state index is 0. The summed E-state index contributed by atoms with van der Waals surface area (Å²) in [6.07, 6.45) is 2.83. The zero-order chi connectivity index (χ0) is 18.1. The van der Waals surface area contributed by atoms with Crippen LogP contribution in [-0.2, 0) is 6.42 Å². The number of hydrogen-bond donors (Lipinski definition) is 2. The highest BCUT2D eigenvalue weighted by molar-refractivity contribution is 14.0. The molecule has 0 aliphatic heterocycles. The molecule has 1 aromatic carbocycles. The molecule has 1 atom stereocenters. The fraction of sp³-hybridized carbons (Fsp3) is 0.474. The molecule has 1 aromatic heterocycles. The quantitative estimate of drug-likeness (QED) is 0.336. The molecule has 2 aromatic rings. The summed E-state index contributed by atoms with van der Waals surface area (Å²) in [6, 6.07) is 8.10. The van der Waals surface area contributed by atoms with E-state index in [0.29, 0.717) is 6.54 Å². The van der Waals surface area contributed by atoms with Crippen molar-refractivity contribution in [1.82, 2.24) is 15.6 Å². The van der Waals surface area contributed by atoms with E-state index in [1.807, 2.05) is 25.3 Å². The van der Waals surface area contributed by atoms with Crippen molar-refractivity contribution in [2.45, 2.75) is 40.2 Å². The molecule has 0 aliphatic carbocycles. The number of aryl methyl sites for hydroxylation is 2. The molecule has 144 valence electrons. The van der Waals surface area contributed by atoms with Gasteiger partial charge >= 0.3 is 0 Å². The van der Waals surface area contributed by atoms with Crippen molar-refractivity contribution in [3.05, 3.63) is 45.9 Å². The van der Waals surface area contributed by atoms with Crippen LogP contribution in [0, 0.1) is 13.8 Å². The number of guanidine groups is 1. The summed E-state index contributed by atoms with van der Waals surface area (Å²) >= 11 is 1.74. The molecule has 0 fully saturated rings. The number of aromatic nitrogens is 1. The summed E-state index contributed by atoms with van der Waals surface area (Å²) < 4.78 is 5.90. The summed E-state index contributed by atoms with van der Waals surface area (Å²) in [5.41, 5.74) is 1.23. The third-order valence-electron chi connectivity index (χ3n) is 3.51. The van der Waals surface area contributed by atoms with Crippen molar-refractivity contribution in [3.8, 4) is 5.75 Å². The molecule has 0 aliphatic rings. The van der Waals surface area contributed by atoms with Gasteiger partial charge in [-0.1, -0.05) is 17.7 Å². The number of nitrogens with zero attached hydrogens (tertiary/aromatic N) is 2. The summed E-state index contributed by atoms with van der Waals surface area (Å²) in [4.78, 5) is 10.2. The first-order valence-corrected chi connectivity index (χ1v) is 9.55. The maximum absolute atomic E-state index is 5.90. The number of hydrogen-bond acceptors (Lipinski definition) is 4. The van der Waals surface area contributed by atoms with Crippen LogP contribution in [0.3, 0.4) is 0 Å². The van der Waals surface area contributed by atoms with Gasteiger partial charge in [0.2, 0.25) is 0 Å². The topological polar surface area (TPSA) is 58.5 Å². The highest BCUT2D eigenvalue weighted by Gasteiger charge is 2.05. The second-order valence-corrected chi connectivity index (χ2v) is 7.32. The van der Waals surface area contributed by atoms with Crippen molar-refractivity contribution in [2.75, 3.05) is 19.6 Å². The van der Waals surface area contributed by atoms with E-state index in [-0.39, 0.29) is 30.1 Å². The van der Waals surface area contributed by atoms with Crippen LogP contribution in [0.4, 0.5) is 0 Å². The first-order chi connectivity index (χ1) is 12.1. The predicted molar refractivity (Wildman–Crippen MR) is 121 cm³/mol. The standard InChI is InChI=1S/C19H28N4OS.HI/c1-5-20-19(21-11-10-18-22-13-16(4)25-18)23-12-15(3)24-17-8-6-14(2)7-9-17;/h6-9,13,15H,5,10-12H2,1-4H3,(H2,20,21,23);1H. The van der Waals surface area contributed by atoms with Gasteiger partial charge < -0.3 is 15.4 Å². The van der Waals surface area contributed by atoms with Gasteiger partial charge in [0, 0.05) is 30.6 Å². The number of nitrogens with one attached hydrogen (secondary N) is 2. The predicted octanol–water partition coefficient (Wildman–Crippen LogP) is 3.94.